The molecule has 0 atom stereocenters. The molecule has 0 fully saturated rings. The van der Waals surface area contributed by atoms with E-state index in [1.54, 1.807) is 18.3 Å². The predicted molar refractivity (Wildman–Crippen MR) is 65.7 cm³/mol. The minimum atomic E-state index is 0.0655. The number of rotatable bonds is 4. The summed E-state index contributed by atoms with van der Waals surface area (Å²) in [6.07, 6.45) is 3.05. The monoisotopic (exact) mass is 297 g/mol. The van der Waals surface area contributed by atoms with E-state index >= 15 is 0 Å². The number of benzene rings is 1. The van der Waals surface area contributed by atoms with Crippen molar-refractivity contribution in [3.8, 4) is 0 Å². The highest BCUT2D eigenvalue weighted by Gasteiger charge is 2.08. The van der Waals surface area contributed by atoms with Gasteiger partial charge in [-0.2, -0.15) is 0 Å². The fourth-order valence-electron chi connectivity index (χ4n) is 1.13. The summed E-state index contributed by atoms with van der Waals surface area (Å²) in [7, 11) is 0. The number of carbonyl (C=O) groups is 1. The molecule has 3 nitrogen and oxygen atoms in total. The van der Waals surface area contributed by atoms with Gasteiger partial charge in [0.05, 0.1) is 11.9 Å². The summed E-state index contributed by atoms with van der Waals surface area (Å²) in [5, 5.41) is 0.519. The molecule has 1 aromatic carbocycles. The molecule has 5 heteroatoms. The van der Waals surface area contributed by atoms with E-state index in [-0.39, 0.29) is 5.78 Å². The first-order valence-electron chi connectivity index (χ1n) is 4.57. The maximum absolute atomic E-state index is 11.7. The zero-order chi connectivity index (χ0) is 11.4. The second-order valence-corrected chi connectivity index (χ2v) is 4.86. The molecule has 0 spiro atoms. The molecular formula is C11H8BrNO2S. The highest BCUT2D eigenvalue weighted by atomic mass is 79.9. The van der Waals surface area contributed by atoms with Gasteiger partial charge in [0.2, 0.25) is 0 Å². The van der Waals surface area contributed by atoms with Crippen molar-refractivity contribution in [2.24, 2.45) is 0 Å². The average Bonchev–Trinajstić information content (AvgIpc) is 2.80. The van der Waals surface area contributed by atoms with Crippen molar-refractivity contribution in [3.05, 3.63) is 46.8 Å². The minimum absolute atomic E-state index is 0.0655. The summed E-state index contributed by atoms with van der Waals surface area (Å²) < 4.78 is 5.99. The van der Waals surface area contributed by atoms with Crippen LogP contribution in [-0.2, 0) is 0 Å². The molecule has 0 N–H and O–H groups in total. The van der Waals surface area contributed by atoms with Gasteiger partial charge < -0.3 is 4.42 Å². The van der Waals surface area contributed by atoms with Gasteiger partial charge in [0.1, 0.15) is 6.26 Å². The number of aromatic nitrogens is 1. The number of thioether (sulfide) groups is 1. The Kier molecular flexibility index (Phi) is 3.79. The number of hydrogen-bond donors (Lipinski definition) is 0. The molecule has 0 amide bonds. The molecule has 0 radical (unpaired) electrons. The zero-order valence-electron chi connectivity index (χ0n) is 8.22. The maximum Gasteiger partial charge on any atom is 0.255 e. The van der Waals surface area contributed by atoms with Gasteiger partial charge in [-0.15, -0.1) is 0 Å². The predicted octanol–water partition coefficient (Wildman–Crippen LogP) is 3.41. The minimum Gasteiger partial charge on any atom is -0.440 e. The van der Waals surface area contributed by atoms with Crippen LogP contribution in [0.25, 0.3) is 0 Å². The molecule has 1 heterocycles. The molecular weight excluding hydrogens is 290 g/mol. The second kappa shape index (κ2) is 5.32. The van der Waals surface area contributed by atoms with Crippen molar-refractivity contribution in [1.29, 1.82) is 0 Å². The normalized spacial score (nSPS) is 10.3. The van der Waals surface area contributed by atoms with E-state index in [1.807, 2.05) is 12.1 Å². The lowest BCUT2D eigenvalue weighted by atomic mass is 10.2. The number of oxazole rings is 1. The molecule has 2 rings (SSSR count). The van der Waals surface area contributed by atoms with E-state index in [0.717, 1.165) is 4.47 Å². The van der Waals surface area contributed by atoms with Crippen LogP contribution in [0.2, 0.25) is 0 Å². The Balaban J connectivity index is 1.95. The molecule has 2 aromatic rings. The molecule has 82 valence electrons. The highest BCUT2D eigenvalue weighted by molar-refractivity contribution is 9.10. The second-order valence-electron chi connectivity index (χ2n) is 3.02. The van der Waals surface area contributed by atoms with Crippen molar-refractivity contribution in [2.45, 2.75) is 5.22 Å². The third kappa shape index (κ3) is 2.96. The lowest BCUT2D eigenvalue weighted by molar-refractivity contribution is 0.102. The first kappa shape index (κ1) is 11.4. The fraction of sp³-hybridized carbons (Fsp3) is 0.0909. The summed E-state index contributed by atoms with van der Waals surface area (Å²) in [5.74, 6) is 0.401. The third-order valence-corrected chi connectivity index (χ3v) is 3.29. The summed E-state index contributed by atoms with van der Waals surface area (Å²) in [5.41, 5.74) is 0.697. The van der Waals surface area contributed by atoms with Crippen LogP contribution in [0.4, 0.5) is 0 Å². The first-order valence-corrected chi connectivity index (χ1v) is 6.34. The fourth-order valence-corrected chi connectivity index (χ4v) is 2.07. The number of carbonyl (C=O) groups excluding carboxylic acids is 1. The largest absolute Gasteiger partial charge is 0.440 e. The van der Waals surface area contributed by atoms with Crippen molar-refractivity contribution < 1.29 is 9.21 Å². The number of nitrogens with zero attached hydrogens (tertiary/aromatic N) is 1. The molecule has 0 saturated carbocycles. The van der Waals surface area contributed by atoms with Crippen LogP contribution in [0, 0.1) is 0 Å². The van der Waals surface area contributed by atoms with Crippen LogP contribution in [-0.4, -0.2) is 16.5 Å². The number of hydrogen-bond acceptors (Lipinski definition) is 4. The summed E-state index contributed by atoms with van der Waals surface area (Å²) >= 11 is 4.62. The van der Waals surface area contributed by atoms with Gasteiger partial charge in [-0.1, -0.05) is 39.8 Å². The van der Waals surface area contributed by atoms with Gasteiger partial charge >= 0.3 is 0 Å². The first-order chi connectivity index (χ1) is 7.75. The molecule has 0 saturated heterocycles. The van der Waals surface area contributed by atoms with Crippen LogP contribution in [0.1, 0.15) is 10.4 Å². The van der Waals surface area contributed by atoms with Gasteiger partial charge in [-0.3, -0.25) is 4.79 Å². The summed E-state index contributed by atoms with van der Waals surface area (Å²) in [6.45, 7) is 0. The van der Waals surface area contributed by atoms with E-state index in [4.69, 9.17) is 4.42 Å². The van der Waals surface area contributed by atoms with Crippen LogP contribution >= 0.6 is 27.7 Å². The Morgan fingerprint density at radius 2 is 2.12 bits per heavy atom. The standard InChI is InChI=1S/C11H8BrNO2S/c12-9-3-1-8(2-4-9)10(14)7-16-11-13-5-6-15-11/h1-6H,7H2. The van der Waals surface area contributed by atoms with Crippen molar-refractivity contribution in [3.63, 3.8) is 0 Å². The van der Waals surface area contributed by atoms with Crippen LogP contribution in [0.15, 0.2) is 50.8 Å². The molecule has 0 bridgehead atoms. The number of halogens is 1. The van der Waals surface area contributed by atoms with E-state index in [2.05, 4.69) is 20.9 Å². The smallest absolute Gasteiger partial charge is 0.255 e. The summed E-state index contributed by atoms with van der Waals surface area (Å²) in [6, 6.07) is 7.29. The third-order valence-electron chi connectivity index (χ3n) is 1.90. The zero-order valence-corrected chi connectivity index (χ0v) is 10.6. The molecule has 0 unspecified atom stereocenters. The molecule has 0 aliphatic rings. The van der Waals surface area contributed by atoms with Crippen LogP contribution in [0.5, 0.6) is 0 Å². The van der Waals surface area contributed by atoms with Crippen molar-refractivity contribution in [2.75, 3.05) is 5.75 Å². The Morgan fingerprint density at radius 1 is 1.38 bits per heavy atom. The average molecular weight is 298 g/mol. The van der Waals surface area contributed by atoms with E-state index in [1.165, 1.54) is 18.0 Å². The van der Waals surface area contributed by atoms with Gasteiger partial charge in [-0.05, 0) is 12.1 Å². The van der Waals surface area contributed by atoms with Crippen LogP contribution < -0.4 is 0 Å². The summed E-state index contributed by atoms with van der Waals surface area (Å²) in [4.78, 5) is 15.7. The molecule has 0 aliphatic heterocycles. The molecule has 1 aromatic heterocycles. The van der Waals surface area contributed by atoms with E-state index in [0.29, 0.717) is 16.5 Å². The SMILES string of the molecule is O=C(CSc1ncco1)c1ccc(Br)cc1. The lowest BCUT2D eigenvalue weighted by Crippen LogP contribution is -2.01. The molecule has 16 heavy (non-hydrogen) atoms. The quantitative estimate of drug-likeness (QED) is 0.641. The van der Waals surface area contributed by atoms with Gasteiger partial charge in [0, 0.05) is 10.0 Å². The number of ketones is 1. The topological polar surface area (TPSA) is 43.1 Å². The van der Waals surface area contributed by atoms with E-state index in [9.17, 15) is 4.79 Å². The maximum atomic E-state index is 11.7. The van der Waals surface area contributed by atoms with Gasteiger partial charge in [0.25, 0.3) is 5.22 Å². The Labute approximate surface area is 105 Å². The number of Topliss-reactive ketones (excluding diaryl/α,β-unsaturated/α-hetero) is 1. The van der Waals surface area contributed by atoms with Crippen LogP contribution in [0.3, 0.4) is 0 Å². The van der Waals surface area contributed by atoms with Crippen molar-refractivity contribution in [1.82, 2.24) is 4.98 Å². The van der Waals surface area contributed by atoms with Crippen molar-refractivity contribution >= 4 is 33.5 Å². The van der Waals surface area contributed by atoms with Gasteiger partial charge in [0.15, 0.2) is 5.78 Å². The Hall–Kier alpha value is -1.07. The highest BCUT2D eigenvalue weighted by Crippen LogP contribution is 2.17. The Bertz CT molecular complexity index is 467. The lowest BCUT2D eigenvalue weighted by Gasteiger charge is -1.99. The van der Waals surface area contributed by atoms with Gasteiger partial charge in [-0.25, -0.2) is 4.98 Å². The van der Waals surface area contributed by atoms with E-state index < -0.39 is 0 Å². The molecule has 0 aliphatic carbocycles. The Morgan fingerprint density at radius 3 is 2.75 bits per heavy atom.